The van der Waals surface area contributed by atoms with E-state index in [9.17, 15) is 24.6 Å². The van der Waals surface area contributed by atoms with E-state index in [0.29, 0.717) is 11.3 Å². The molecule has 1 saturated heterocycles. The lowest BCUT2D eigenvalue weighted by atomic mass is 9.97. The lowest BCUT2D eigenvalue weighted by Gasteiger charge is -2.21. The monoisotopic (exact) mass is 319 g/mol. The molecule has 1 aliphatic carbocycles. The second-order valence-electron chi connectivity index (χ2n) is 6.32. The van der Waals surface area contributed by atoms with Crippen molar-refractivity contribution in [2.45, 2.75) is 13.3 Å². The van der Waals surface area contributed by atoms with Gasteiger partial charge in [-0.1, -0.05) is 6.07 Å². The van der Waals surface area contributed by atoms with Crippen molar-refractivity contribution < 1.29 is 29.3 Å². The molecule has 1 aromatic rings. The summed E-state index contributed by atoms with van der Waals surface area (Å²) in [5, 5.41) is 18.8. The summed E-state index contributed by atoms with van der Waals surface area (Å²) >= 11 is 0. The molecule has 0 spiro atoms. The summed E-state index contributed by atoms with van der Waals surface area (Å²) in [4.78, 5) is 37.0. The molecule has 0 unspecified atom stereocenters. The first-order valence-electron chi connectivity index (χ1n) is 7.18. The van der Waals surface area contributed by atoms with Crippen LogP contribution in [0.5, 0.6) is 5.75 Å². The lowest BCUT2D eigenvalue weighted by molar-refractivity contribution is -0.151. The fourth-order valence-electron chi connectivity index (χ4n) is 3.58. The van der Waals surface area contributed by atoms with Crippen molar-refractivity contribution in [2.24, 2.45) is 10.8 Å². The van der Waals surface area contributed by atoms with E-state index in [1.54, 1.807) is 18.2 Å². The Labute approximate surface area is 132 Å². The summed E-state index contributed by atoms with van der Waals surface area (Å²) in [6, 6.07) is 5.08. The Balaban J connectivity index is 1.92. The molecular formula is C16H17NO6. The van der Waals surface area contributed by atoms with Crippen LogP contribution in [0.25, 0.3) is 0 Å². The van der Waals surface area contributed by atoms with E-state index >= 15 is 0 Å². The van der Waals surface area contributed by atoms with Crippen molar-refractivity contribution in [3.8, 4) is 5.75 Å². The third kappa shape index (κ3) is 1.92. The number of aliphatic carboxylic acids is 2. The van der Waals surface area contributed by atoms with E-state index in [1.807, 2.05) is 6.92 Å². The normalized spacial score (nSPS) is 28.2. The van der Waals surface area contributed by atoms with E-state index in [1.165, 1.54) is 12.0 Å². The van der Waals surface area contributed by atoms with E-state index in [-0.39, 0.29) is 19.5 Å². The number of hydrogen-bond donors (Lipinski definition) is 2. The van der Waals surface area contributed by atoms with Crippen LogP contribution in [0, 0.1) is 17.8 Å². The molecule has 122 valence electrons. The highest BCUT2D eigenvalue weighted by atomic mass is 16.5. The highest BCUT2D eigenvalue weighted by Crippen LogP contribution is 2.68. The molecule has 2 N–H and O–H groups in total. The molecule has 1 aromatic carbocycles. The number of piperidine rings is 1. The van der Waals surface area contributed by atoms with Gasteiger partial charge in [0.1, 0.15) is 16.6 Å². The average Bonchev–Trinajstić information content (AvgIpc) is 3.05. The van der Waals surface area contributed by atoms with E-state index in [0.717, 1.165) is 5.56 Å². The van der Waals surface area contributed by atoms with Crippen LogP contribution in [0.3, 0.4) is 0 Å². The van der Waals surface area contributed by atoms with Crippen LogP contribution >= 0.6 is 0 Å². The Morgan fingerprint density at radius 2 is 1.70 bits per heavy atom. The van der Waals surface area contributed by atoms with Crippen LogP contribution in [-0.2, 0) is 9.59 Å². The Hall–Kier alpha value is -2.57. The zero-order valence-electron chi connectivity index (χ0n) is 12.8. The minimum atomic E-state index is -1.37. The molecule has 2 atom stereocenters. The van der Waals surface area contributed by atoms with Gasteiger partial charge in [0, 0.05) is 13.1 Å². The number of likely N-dealkylation sites (tertiary alicyclic amines) is 1. The maximum absolute atomic E-state index is 12.7. The summed E-state index contributed by atoms with van der Waals surface area (Å²) in [6.07, 6.45) is 0.0689. The van der Waals surface area contributed by atoms with Crippen LogP contribution in [0.1, 0.15) is 22.3 Å². The minimum Gasteiger partial charge on any atom is -0.496 e. The second kappa shape index (κ2) is 4.71. The first-order valence-corrected chi connectivity index (χ1v) is 7.18. The number of fused-ring (bicyclic) bond motifs is 1. The molecule has 3 rings (SSSR count). The highest BCUT2D eigenvalue weighted by Gasteiger charge is 2.81. The van der Waals surface area contributed by atoms with Gasteiger partial charge in [-0.25, -0.2) is 0 Å². The van der Waals surface area contributed by atoms with Gasteiger partial charge in [-0.2, -0.15) is 0 Å². The fraction of sp³-hybridized carbons (Fsp3) is 0.438. The molecule has 0 radical (unpaired) electrons. The second-order valence-corrected chi connectivity index (χ2v) is 6.32. The van der Waals surface area contributed by atoms with E-state index in [4.69, 9.17) is 4.74 Å². The first-order chi connectivity index (χ1) is 10.8. The maximum atomic E-state index is 12.7. The lowest BCUT2D eigenvalue weighted by Crippen LogP contribution is -2.34. The molecule has 7 heteroatoms. The van der Waals surface area contributed by atoms with Gasteiger partial charge in [-0.15, -0.1) is 0 Å². The maximum Gasteiger partial charge on any atom is 0.312 e. The molecule has 2 fully saturated rings. The number of aryl methyl sites for hydroxylation is 1. The van der Waals surface area contributed by atoms with Crippen LogP contribution in [0.15, 0.2) is 18.2 Å². The SMILES string of the molecule is COc1cc(C)ccc1C(=O)N1C[C@@]2(C(=O)O)C[C@@]2(C(=O)O)C1. The topological polar surface area (TPSA) is 104 Å². The smallest absolute Gasteiger partial charge is 0.312 e. The van der Waals surface area contributed by atoms with Crippen LogP contribution in [0.4, 0.5) is 0 Å². The number of amides is 1. The number of ether oxygens (including phenoxy) is 1. The molecule has 23 heavy (non-hydrogen) atoms. The van der Waals surface area contributed by atoms with Gasteiger partial charge in [-0.05, 0) is 31.0 Å². The van der Waals surface area contributed by atoms with Gasteiger partial charge in [0.25, 0.3) is 5.91 Å². The Morgan fingerprint density at radius 3 is 2.17 bits per heavy atom. The zero-order chi connectivity index (χ0) is 17.0. The number of carbonyl (C=O) groups excluding carboxylic acids is 1. The van der Waals surface area contributed by atoms with Crippen LogP contribution in [0.2, 0.25) is 0 Å². The average molecular weight is 319 g/mol. The minimum absolute atomic E-state index is 0.0689. The molecule has 7 nitrogen and oxygen atoms in total. The Kier molecular flexibility index (Phi) is 3.14. The van der Waals surface area contributed by atoms with Gasteiger partial charge in [0.2, 0.25) is 0 Å². The van der Waals surface area contributed by atoms with Crippen molar-refractivity contribution in [2.75, 3.05) is 20.2 Å². The van der Waals surface area contributed by atoms with Crippen molar-refractivity contribution in [3.05, 3.63) is 29.3 Å². The number of benzene rings is 1. The van der Waals surface area contributed by atoms with Gasteiger partial charge in [-0.3, -0.25) is 14.4 Å². The van der Waals surface area contributed by atoms with Crippen LogP contribution < -0.4 is 4.74 Å². The molecule has 2 aliphatic rings. The molecule has 0 aromatic heterocycles. The summed E-state index contributed by atoms with van der Waals surface area (Å²) in [7, 11) is 1.45. The highest BCUT2D eigenvalue weighted by molar-refractivity contribution is 6.01. The third-order valence-corrected chi connectivity index (χ3v) is 5.01. The molecule has 1 amide bonds. The Bertz CT molecular complexity index is 701. The van der Waals surface area contributed by atoms with Crippen molar-refractivity contribution in [1.29, 1.82) is 0 Å². The fourth-order valence-corrected chi connectivity index (χ4v) is 3.58. The van der Waals surface area contributed by atoms with Crippen molar-refractivity contribution in [3.63, 3.8) is 0 Å². The third-order valence-electron chi connectivity index (χ3n) is 5.01. The largest absolute Gasteiger partial charge is 0.496 e. The number of nitrogens with zero attached hydrogens (tertiary/aromatic N) is 1. The number of carboxylic acids is 2. The first kappa shape index (κ1) is 15.3. The van der Waals surface area contributed by atoms with E-state index < -0.39 is 28.7 Å². The predicted octanol–water partition coefficient (Wildman–Crippen LogP) is 1.01. The van der Waals surface area contributed by atoms with Gasteiger partial charge >= 0.3 is 11.9 Å². The molecule has 1 heterocycles. The summed E-state index contributed by atoms with van der Waals surface area (Å²) < 4.78 is 5.21. The van der Waals surface area contributed by atoms with Crippen molar-refractivity contribution in [1.82, 2.24) is 4.90 Å². The number of methoxy groups -OCH3 is 1. The summed E-state index contributed by atoms with van der Waals surface area (Å²) in [6.45, 7) is 1.68. The summed E-state index contributed by atoms with van der Waals surface area (Å²) in [5.41, 5.74) is -1.51. The van der Waals surface area contributed by atoms with Gasteiger partial charge < -0.3 is 19.8 Å². The standard InChI is InChI=1S/C16H17NO6/c1-9-3-4-10(11(5-9)23-2)12(18)17-7-15(13(19)20)6-16(15,8-17)14(21)22/h3-5H,6-8H2,1-2H3,(H,19,20)(H,21,22)/t15-,16+. The number of carboxylic acid groups (broad SMARTS) is 2. The molecule has 1 saturated carbocycles. The quantitative estimate of drug-likeness (QED) is 0.858. The molecule has 0 bridgehead atoms. The number of hydrogen-bond acceptors (Lipinski definition) is 4. The number of carbonyl (C=O) groups is 3. The Morgan fingerprint density at radius 1 is 1.13 bits per heavy atom. The van der Waals surface area contributed by atoms with E-state index in [2.05, 4.69) is 0 Å². The van der Waals surface area contributed by atoms with Gasteiger partial charge in [0.05, 0.1) is 12.7 Å². The molecular weight excluding hydrogens is 302 g/mol. The van der Waals surface area contributed by atoms with Crippen LogP contribution in [-0.4, -0.2) is 53.2 Å². The van der Waals surface area contributed by atoms with Crippen molar-refractivity contribution >= 4 is 17.8 Å². The summed E-state index contributed by atoms with van der Waals surface area (Å²) in [5.74, 6) is -2.34. The number of rotatable bonds is 4. The van der Waals surface area contributed by atoms with Gasteiger partial charge in [0.15, 0.2) is 0 Å². The predicted molar refractivity (Wildman–Crippen MR) is 78.4 cm³/mol. The zero-order valence-corrected chi connectivity index (χ0v) is 12.8. The molecule has 1 aliphatic heterocycles.